The summed E-state index contributed by atoms with van der Waals surface area (Å²) in [5, 5.41) is 10.2. The summed E-state index contributed by atoms with van der Waals surface area (Å²) in [6, 6.07) is 0.944. The number of carboxylic acid groups (broad SMARTS) is 1. The molecular formula is C11H5F6N3O3. The third-order valence-electron chi connectivity index (χ3n) is 2.65. The molecule has 0 aromatic carbocycles. The summed E-state index contributed by atoms with van der Waals surface area (Å²) in [6.45, 7) is 0. The third-order valence-corrected chi connectivity index (χ3v) is 2.65. The number of rotatable bonds is 2. The largest absolute Gasteiger partial charge is 0.476 e. The van der Waals surface area contributed by atoms with Gasteiger partial charge in [-0.25, -0.2) is 9.78 Å². The molecule has 0 radical (unpaired) electrons. The molecule has 0 saturated carbocycles. The van der Waals surface area contributed by atoms with Gasteiger partial charge in [-0.2, -0.15) is 26.3 Å². The standard InChI is InChI=1S/C11H5F6N3O3/c12-10(13,14)4-1-2-20-5(3-4)18-6(8(21)22)7(20)19-9(23)11(15,16)17/h1-3H,(H,19,23)(H,21,22). The lowest BCUT2D eigenvalue weighted by molar-refractivity contribution is -0.167. The fourth-order valence-electron chi connectivity index (χ4n) is 1.67. The number of imidazole rings is 1. The third kappa shape index (κ3) is 3.19. The number of hydrogen-bond donors (Lipinski definition) is 2. The maximum absolute atomic E-state index is 12.6. The molecule has 0 unspecified atom stereocenters. The van der Waals surface area contributed by atoms with Gasteiger partial charge in [0.15, 0.2) is 11.5 Å². The predicted octanol–water partition coefficient (Wildman–Crippen LogP) is 2.55. The lowest BCUT2D eigenvalue weighted by Gasteiger charge is -2.09. The van der Waals surface area contributed by atoms with Crippen molar-refractivity contribution in [3.05, 3.63) is 29.6 Å². The maximum atomic E-state index is 12.6. The summed E-state index contributed by atoms with van der Waals surface area (Å²) in [6.07, 6.45) is -9.41. The number of aromatic nitrogens is 2. The van der Waals surface area contributed by atoms with E-state index < -0.39 is 47.0 Å². The van der Waals surface area contributed by atoms with Gasteiger partial charge in [-0.3, -0.25) is 9.20 Å². The topological polar surface area (TPSA) is 83.7 Å². The number of alkyl halides is 6. The fourth-order valence-corrected chi connectivity index (χ4v) is 1.67. The van der Waals surface area contributed by atoms with E-state index in [1.807, 2.05) is 0 Å². The van der Waals surface area contributed by atoms with Gasteiger partial charge in [-0.1, -0.05) is 0 Å². The molecule has 2 aromatic heterocycles. The number of carbonyl (C=O) groups is 2. The van der Waals surface area contributed by atoms with Gasteiger partial charge >= 0.3 is 24.2 Å². The highest BCUT2D eigenvalue weighted by Crippen LogP contribution is 2.31. The highest BCUT2D eigenvalue weighted by molar-refractivity contribution is 6.01. The number of nitrogens with one attached hydrogen (secondary N) is 1. The Bertz CT molecular complexity index is 793. The van der Waals surface area contributed by atoms with Crippen molar-refractivity contribution < 1.29 is 41.0 Å². The molecule has 0 bridgehead atoms. The molecule has 2 rings (SSSR count). The molecule has 23 heavy (non-hydrogen) atoms. The van der Waals surface area contributed by atoms with Gasteiger partial charge in [0, 0.05) is 6.20 Å². The van der Waals surface area contributed by atoms with Gasteiger partial charge in [0.05, 0.1) is 5.56 Å². The maximum Gasteiger partial charge on any atom is 0.471 e. The lowest BCUT2D eigenvalue weighted by atomic mass is 10.2. The monoisotopic (exact) mass is 341 g/mol. The second-order valence-corrected chi connectivity index (χ2v) is 4.21. The Morgan fingerprint density at radius 3 is 2.26 bits per heavy atom. The number of aromatic carboxylic acids is 1. The van der Waals surface area contributed by atoms with Crippen molar-refractivity contribution in [2.24, 2.45) is 0 Å². The molecule has 6 nitrogen and oxygen atoms in total. The second-order valence-electron chi connectivity index (χ2n) is 4.21. The number of pyridine rings is 1. The number of amides is 1. The Labute approximate surface area is 122 Å². The van der Waals surface area contributed by atoms with Crippen molar-refractivity contribution in [2.45, 2.75) is 12.4 Å². The van der Waals surface area contributed by atoms with Crippen LogP contribution in [0.2, 0.25) is 0 Å². The van der Waals surface area contributed by atoms with Crippen LogP contribution in [0.1, 0.15) is 16.1 Å². The minimum Gasteiger partial charge on any atom is -0.476 e. The zero-order valence-electron chi connectivity index (χ0n) is 10.7. The Morgan fingerprint density at radius 2 is 1.78 bits per heavy atom. The van der Waals surface area contributed by atoms with Crippen LogP contribution >= 0.6 is 0 Å². The van der Waals surface area contributed by atoms with Crippen LogP contribution in [0.15, 0.2) is 18.3 Å². The van der Waals surface area contributed by atoms with Crippen LogP contribution in [0.25, 0.3) is 5.65 Å². The smallest absolute Gasteiger partial charge is 0.471 e. The second kappa shape index (κ2) is 5.14. The predicted molar refractivity (Wildman–Crippen MR) is 61.8 cm³/mol. The summed E-state index contributed by atoms with van der Waals surface area (Å²) in [5.41, 5.74) is -2.79. The van der Waals surface area contributed by atoms with E-state index in [-0.39, 0.29) is 0 Å². The van der Waals surface area contributed by atoms with Gasteiger partial charge < -0.3 is 10.4 Å². The van der Waals surface area contributed by atoms with Crippen molar-refractivity contribution in [3.8, 4) is 0 Å². The average Bonchev–Trinajstić information content (AvgIpc) is 2.75. The van der Waals surface area contributed by atoms with Crippen LogP contribution < -0.4 is 5.32 Å². The fraction of sp³-hybridized carbons (Fsp3) is 0.182. The molecule has 0 saturated heterocycles. The zero-order valence-corrected chi connectivity index (χ0v) is 10.7. The SMILES string of the molecule is O=C(O)c1nc2cc(C(F)(F)F)ccn2c1NC(=O)C(F)(F)F. The Hall–Kier alpha value is -2.79. The molecule has 2 heterocycles. The van der Waals surface area contributed by atoms with Gasteiger partial charge in [0.2, 0.25) is 0 Å². The van der Waals surface area contributed by atoms with Crippen molar-refractivity contribution in [2.75, 3.05) is 5.32 Å². The van der Waals surface area contributed by atoms with Crippen LogP contribution in [0, 0.1) is 0 Å². The van der Waals surface area contributed by atoms with Gasteiger partial charge in [0.25, 0.3) is 0 Å². The molecule has 0 spiro atoms. The van der Waals surface area contributed by atoms with Crippen LogP contribution in [0.5, 0.6) is 0 Å². The molecule has 124 valence electrons. The van der Waals surface area contributed by atoms with Crippen molar-refractivity contribution in [3.63, 3.8) is 0 Å². The Morgan fingerprint density at radius 1 is 1.17 bits per heavy atom. The average molecular weight is 341 g/mol. The molecule has 12 heteroatoms. The molecule has 0 atom stereocenters. The molecule has 1 amide bonds. The summed E-state index contributed by atoms with van der Waals surface area (Å²) in [5.74, 6) is -5.20. The van der Waals surface area contributed by atoms with Crippen LogP contribution in [-0.2, 0) is 11.0 Å². The minimum absolute atomic E-state index is 0.440. The quantitative estimate of drug-likeness (QED) is 0.823. The normalized spacial score (nSPS) is 12.4. The van der Waals surface area contributed by atoms with E-state index >= 15 is 0 Å². The van der Waals surface area contributed by atoms with E-state index in [0.29, 0.717) is 22.7 Å². The molecule has 0 aliphatic rings. The summed E-state index contributed by atoms with van der Waals surface area (Å²) in [7, 11) is 0. The number of nitrogens with zero attached hydrogens (tertiary/aromatic N) is 2. The van der Waals surface area contributed by atoms with Gasteiger partial charge in [-0.15, -0.1) is 0 Å². The Kier molecular flexibility index (Phi) is 3.70. The van der Waals surface area contributed by atoms with Gasteiger partial charge in [-0.05, 0) is 12.1 Å². The highest BCUT2D eigenvalue weighted by atomic mass is 19.4. The van der Waals surface area contributed by atoms with Crippen molar-refractivity contribution in [1.29, 1.82) is 0 Å². The number of fused-ring (bicyclic) bond motifs is 1. The number of carbonyl (C=O) groups excluding carboxylic acids is 1. The Balaban J connectivity index is 2.60. The molecule has 0 aliphatic heterocycles. The van der Waals surface area contributed by atoms with Crippen molar-refractivity contribution in [1.82, 2.24) is 9.38 Å². The van der Waals surface area contributed by atoms with E-state index in [9.17, 15) is 35.9 Å². The van der Waals surface area contributed by atoms with E-state index in [4.69, 9.17) is 5.11 Å². The zero-order chi connectivity index (χ0) is 17.6. The minimum atomic E-state index is -5.31. The lowest BCUT2D eigenvalue weighted by Crippen LogP contribution is -2.31. The molecule has 2 N–H and O–H groups in total. The molecule has 0 aliphatic carbocycles. The van der Waals surface area contributed by atoms with E-state index in [0.717, 1.165) is 0 Å². The van der Waals surface area contributed by atoms with Crippen LogP contribution in [-0.4, -0.2) is 32.5 Å². The molecular weight excluding hydrogens is 336 g/mol. The molecule has 0 fully saturated rings. The number of hydrogen-bond acceptors (Lipinski definition) is 3. The van der Waals surface area contributed by atoms with Crippen LogP contribution in [0.4, 0.5) is 32.2 Å². The number of anilines is 1. The van der Waals surface area contributed by atoms with E-state index in [2.05, 4.69) is 4.98 Å². The number of carboxylic acids is 1. The summed E-state index contributed by atoms with van der Waals surface area (Å²) >= 11 is 0. The summed E-state index contributed by atoms with van der Waals surface area (Å²) < 4.78 is 75.1. The summed E-state index contributed by atoms with van der Waals surface area (Å²) in [4.78, 5) is 25.2. The highest BCUT2D eigenvalue weighted by Gasteiger charge is 2.40. The van der Waals surface area contributed by atoms with E-state index in [1.165, 1.54) is 5.32 Å². The first-order valence-electron chi connectivity index (χ1n) is 5.62. The number of halogens is 6. The first kappa shape index (κ1) is 16.6. The first-order chi connectivity index (χ1) is 10.4. The first-order valence-corrected chi connectivity index (χ1v) is 5.62. The molecule has 2 aromatic rings. The van der Waals surface area contributed by atoms with E-state index in [1.54, 1.807) is 0 Å². The van der Waals surface area contributed by atoms with Crippen LogP contribution in [0.3, 0.4) is 0 Å². The van der Waals surface area contributed by atoms with Crippen molar-refractivity contribution >= 4 is 23.3 Å². The van der Waals surface area contributed by atoms with Gasteiger partial charge in [0.1, 0.15) is 5.65 Å².